The molecule has 1 atom stereocenters. The Morgan fingerprint density at radius 3 is 2.59 bits per heavy atom. The van der Waals surface area contributed by atoms with Gasteiger partial charge in [0.05, 0.1) is 10.9 Å². The van der Waals surface area contributed by atoms with E-state index in [2.05, 4.69) is 5.32 Å². The highest BCUT2D eigenvalue weighted by molar-refractivity contribution is 8.00. The molecule has 2 aromatic rings. The summed E-state index contributed by atoms with van der Waals surface area (Å²) in [5.41, 5.74) is 3.59. The van der Waals surface area contributed by atoms with Crippen molar-refractivity contribution in [3.05, 3.63) is 59.7 Å². The maximum atomic E-state index is 12.5. The number of benzene rings is 2. The van der Waals surface area contributed by atoms with Crippen molar-refractivity contribution in [1.29, 1.82) is 0 Å². The number of rotatable bonds is 6. The van der Waals surface area contributed by atoms with Crippen LogP contribution in [0, 0.1) is 13.8 Å². The van der Waals surface area contributed by atoms with E-state index in [4.69, 9.17) is 0 Å². The van der Waals surface area contributed by atoms with Gasteiger partial charge in [-0.2, -0.15) is 0 Å². The summed E-state index contributed by atoms with van der Waals surface area (Å²) in [5, 5.41) is 2.49. The van der Waals surface area contributed by atoms with Crippen molar-refractivity contribution in [2.24, 2.45) is 0 Å². The molecule has 1 aliphatic heterocycles. The summed E-state index contributed by atoms with van der Waals surface area (Å²) < 4.78 is 0. The fraction of sp³-hybridized carbons (Fsp3) is 0.286. The van der Waals surface area contributed by atoms with Gasteiger partial charge in [0.25, 0.3) is 0 Å². The van der Waals surface area contributed by atoms with E-state index in [1.165, 1.54) is 16.7 Å². The Kier molecular flexibility index (Phi) is 5.96. The van der Waals surface area contributed by atoms with Gasteiger partial charge in [0.1, 0.15) is 0 Å². The van der Waals surface area contributed by atoms with Gasteiger partial charge in [-0.05, 0) is 43.2 Å². The van der Waals surface area contributed by atoms with E-state index in [-0.39, 0.29) is 24.1 Å². The number of amides is 3. The SMILES string of the molecule is Cc1cccc(NC(=O)CCSC2CC(=O)N(c3ccccc3)C2=O)c1C. The monoisotopic (exact) mass is 382 g/mol. The summed E-state index contributed by atoms with van der Waals surface area (Å²) in [6, 6.07) is 14.7. The molecule has 6 heteroatoms. The molecule has 140 valence electrons. The maximum Gasteiger partial charge on any atom is 0.247 e. The summed E-state index contributed by atoms with van der Waals surface area (Å²) in [5.74, 6) is 0.00536. The van der Waals surface area contributed by atoms with E-state index in [0.29, 0.717) is 17.9 Å². The Morgan fingerprint density at radius 2 is 1.85 bits per heavy atom. The van der Waals surface area contributed by atoms with Gasteiger partial charge >= 0.3 is 0 Å². The number of thioether (sulfide) groups is 1. The Labute approximate surface area is 163 Å². The van der Waals surface area contributed by atoms with Crippen LogP contribution in [0.5, 0.6) is 0 Å². The minimum Gasteiger partial charge on any atom is -0.326 e. The molecule has 0 aliphatic carbocycles. The zero-order valence-corrected chi connectivity index (χ0v) is 16.2. The highest BCUT2D eigenvalue weighted by Gasteiger charge is 2.39. The standard InChI is InChI=1S/C21H22N2O3S/c1-14-7-6-10-17(15(14)2)22-19(24)11-12-27-18-13-20(25)23(21(18)26)16-8-4-3-5-9-16/h3-10,18H,11-13H2,1-2H3,(H,22,24). The highest BCUT2D eigenvalue weighted by Crippen LogP contribution is 2.30. The second-order valence-electron chi connectivity index (χ2n) is 6.51. The van der Waals surface area contributed by atoms with Gasteiger partial charge in [0.15, 0.2) is 0 Å². The smallest absolute Gasteiger partial charge is 0.247 e. The van der Waals surface area contributed by atoms with Gasteiger partial charge in [-0.25, -0.2) is 4.90 Å². The molecule has 1 N–H and O–H groups in total. The van der Waals surface area contributed by atoms with Gasteiger partial charge in [-0.3, -0.25) is 14.4 Å². The second-order valence-corrected chi connectivity index (χ2v) is 7.82. The van der Waals surface area contributed by atoms with Crippen LogP contribution in [0.4, 0.5) is 11.4 Å². The molecule has 1 heterocycles. The van der Waals surface area contributed by atoms with Crippen LogP contribution in [-0.2, 0) is 14.4 Å². The number of para-hydroxylation sites is 1. The molecule has 0 aromatic heterocycles. The van der Waals surface area contributed by atoms with Gasteiger partial charge < -0.3 is 5.32 Å². The fourth-order valence-electron chi connectivity index (χ4n) is 2.98. The van der Waals surface area contributed by atoms with Crippen LogP contribution >= 0.6 is 11.8 Å². The van der Waals surface area contributed by atoms with E-state index < -0.39 is 5.25 Å². The predicted molar refractivity (Wildman–Crippen MR) is 109 cm³/mol. The topological polar surface area (TPSA) is 66.5 Å². The molecule has 1 unspecified atom stereocenters. The summed E-state index contributed by atoms with van der Waals surface area (Å²) >= 11 is 1.37. The van der Waals surface area contributed by atoms with Crippen molar-refractivity contribution < 1.29 is 14.4 Å². The lowest BCUT2D eigenvalue weighted by Gasteiger charge is -2.14. The first-order chi connectivity index (χ1) is 13.0. The molecule has 0 saturated carbocycles. The molecular formula is C21H22N2O3S. The average molecular weight is 382 g/mol. The molecular weight excluding hydrogens is 360 g/mol. The van der Waals surface area contributed by atoms with Gasteiger partial charge in [0.2, 0.25) is 17.7 Å². The van der Waals surface area contributed by atoms with Gasteiger partial charge in [-0.1, -0.05) is 30.3 Å². The summed E-state index contributed by atoms with van der Waals surface area (Å²) in [6.45, 7) is 3.97. The number of hydrogen-bond donors (Lipinski definition) is 1. The van der Waals surface area contributed by atoms with Crippen molar-refractivity contribution in [2.75, 3.05) is 16.0 Å². The van der Waals surface area contributed by atoms with E-state index in [1.54, 1.807) is 24.3 Å². The molecule has 3 amide bonds. The normalized spacial score (nSPS) is 16.7. The van der Waals surface area contributed by atoms with Crippen LogP contribution in [-0.4, -0.2) is 28.7 Å². The molecule has 27 heavy (non-hydrogen) atoms. The minimum absolute atomic E-state index is 0.0899. The lowest BCUT2D eigenvalue weighted by molar-refractivity contribution is -0.121. The Balaban J connectivity index is 1.52. The van der Waals surface area contributed by atoms with Crippen LogP contribution in [0.1, 0.15) is 24.0 Å². The number of imide groups is 1. The molecule has 0 bridgehead atoms. The third-order valence-electron chi connectivity index (χ3n) is 4.65. The fourth-order valence-corrected chi connectivity index (χ4v) is 4.07. The average Bonchev–Trinajstić information content (AvgIpc) is 2.93. The lowest BCUT2D eigenvalue weighted by atomic mass is 10.1. The minimum atomic E-state index is -0.425. The van der Waals surface area contributed by atoms with Gasteiger partial charge in [0, 0.05) is 24.3 Å². The van der Waals surface area contributed by atoms with E-state index in [9.17, 15) is 14.4 Å². The number of carbonyl (C=O) groups excluding carboxylic acids is 3. The highest BCUT2D eigenvalue weighted by atomic mass is 32.2. The van der Waals surface area contributed by atoms with Crippen molar-refractivity contribution in [2.45, 2.75) is 31.9 Å². The van der Waals surface area contributed by atoms with E-state index >= 15 is 0 Å². The third kappa shape index (κ3) is 4.39. The second kappa shape index (κ2) is 8.39. The number of carbonyl (C=O) groups is 3. The van der Waals surface area contributed by atoms with Crippen molar-refractivity contribution >= 4 is 40.9 Å². The first kappa shape index (κ1) is 19.2. The molecule has 1 fully saturated rings. The molecule has 5 nitrogen and oxygen atoms in total. The largest absolute Gasteiger partial charge is 0.326 e. The molecule has 2 aromatic carbocycles. The molecule has 3 rings (SSSR count). The zero-order valence-electron chi connectivity index (χ0n) is 15.4. The van der Waals surface area contributed by atoms with Crippen LogP contribution < -0.4 is 10.2 Å². The third-order valence-corrected chi connectivity index (χ3v) is 5.86. The molecule has 1 aliphatic rings. The number of aryl methyl sites for hydroxylation is 1. The summed E-state index contributed by atoms with van der Waals surface area (Å²) in [6.07, 6.45) is 0.471. The van der Waals surface area contributed by atoms with Crippen LogP contribution in [0.15, 0.2) is 48.5 Å². The number of hydrogen-bond acceptors (Lipinski definition) is 4. The predicted octanol–water partition coefficient (Wildman–Crippen LogP) is 3.70. The van der Waals surface area contributed by atoms with Crippen molar-refractivity contribution in [1.82, 2.24) is 0 Å². The Hall–Kier alpha value is -2.60. The van der Waals surface area contributed by atoms with Crippen molar-refractivity contribution in [3.8, 4) is 0 Å². The lowest BCUT2D eigenvalue weighted by Crippen LogP contribution is -2.31. The van der Waals surface area contributed by atoms with Crippen LogP contribution in [0.25, 0.3) is 0 Å². The van der Waals surface area contributed by atoms with Crippen molar-refractivity contribution in [3.63, 3.8) is 0 Å². The Morgan fingerprint density at radius 1 is 1.11 bits per heavy atom. The first-order valence-corrected chi connectivity index (χ1v) is 9.92. The van der Waals surface area contributed by atoms with E-state index in [0.717, 1.165) is 16.8 Å². The summed E-state index contributed by atoms with van der Waals surface area (Å²) in [7, 11) is 0. The quantitative estimate of drug-likeness (QED) is 0.774. The maximum absolute atomic E-state index is 12.5. The number of nitrogens with one attached hydrogen (secondary N) is 1. The van der Waals surface area contributed by atoms with E-state index in [1.807, 2.05) is 38.1 Å². The molecule has 0 spiro atoms. The van der Waals surface area contributed by atoms with Gasteiger partial charge in [-0.15, -0.1) is 11.8 Å². The zero-order chi connectivity index (χ0) is 19.4. The number of anilines is 2. The van der Waals surface area contributed by atoms with Crippen LogP contribution in [0.2, 0.25) is 0 Å². The molecule has 0 radical (unpaired) electrons. The Bertz CT molecular complexity index is 867. The first-order valence-electron chi connectivity index (χ1n) is 8.87. The summed E-state index contributed by atoms with van der Waals surface area (Å²) in [4.78, 5) is 38.2. The number of nitrogens with zero attached hydrogens (tertiary/aromatic N) is 1. The van der Waals surface area contributed by atoms with Crippen LogP contribution in [0.3, 0.4) is 0 Å². The molecule has 1 saturated heterocycles.